The van der Waals surface area contributed by atoms with Crippen molar-refractivity contribution in [1.82, 2.24) is 19.8 Å². The van der Waals surface area contributed by atoms with E-state index in [2.05, 4.69) is 29.7 Å². The van der Waals surface area contributed by atoms with Crippen molar-refractivity contribution in [1.29, 1.82) is 0 Å². The largest absolute Gasteiger partial charge is 0.366 e. The number of aromatic nitrogens is 2. The molecular weight excluding hydrogens is 345 g/mol. The lowest BCUT2D eigenvalue weighted by Crippen LogP contribution is -2.52. The molecule has 0 saturated carbocycles. The highest BCUT2D eigenvalue weighted by Gasteiger charge is 2.21. The fourth-order valence-corrected chi connectivity index (χ4v) is 3.38. The number of halogens is 1. The summed E-state index contributed by atoms with van der Waals surface area (Å²) in [6, 6.07) is 6.95. The van der Waals surface area contributed by atoms with Gasteiger partial charge in [-0.1, -0.05) is 12.1 Å². The van der Waals surface area contributed by atoms with Crippen molar-refractivity contribution < 1.29 is 4.39 Å². The van der Waals surface area contributed by atoms with Crippen molar-refractivity contribution >= 4 is 17.6 Å². The van der Waals surface area contributed by atoms with Gasteiger partial charge in [-0.2, -0.15) is 0 Å². The van der Waals surface area contributed by atoms with Gasteiger partial charge in [0.2, 0.25) is 5.95 Å². The Morgan fingerprint density at radius 2 is 1.93 bits per heavy atom. The molecule has 27 heavy (non-hydrogen) atoms. The number of nitrogens with one attached hydrogen (secondary N) is 1. The van der Waals surface area contributed by atoms with Gasteiger partial charge in [-0.25, -0.2) is 9.37 Å². The van der Waals surface area contributed by atoms with Crippen LogP contribution in [0.5, 0.6) is 0 Å². The highest BCUT2D eigenvalue weighted by Crippen LogP contribution is 2.20. The molecule has 0 spiro atoms. The molecule has 0 unspecified atom stereocenters. The Balaban J connectivity index is 1.57. The molecule has 1 saturated heterocycles. The lowest BCUT2D eigenvalue weighted by atomic mass is 10.2. The molecule has 1 N–H and O–H groups in total. The number of hydrogen-bond acceptors (Lipinski definition) is 4. The minimum Gasteiger partial charge on any atom is -0.366 e. The van der Waals surface area contributed by atoms with Crippen LogP contribution in [0.15, 0.2) is 35.5 Å². The standard InChI is InChI=1S/C19H28FN7/c1-21-18(22-13-15-14-23-19(24(2)3)25(15)4)27-11-9-26(10-12-27)17-8-6-5-7-16(17)20/h5-8,14H,9-13H2,1-4H3,(H,21,22). The second kappa shape index (κ2) is 8.28. The SMILES string of the molecule is CN=C(NCc1cnc(N(C)C)n1C)N1CCN(c2ccccc2F)CC1. The Bertz CT molecular complexity index is 791. The fraction of sp³-hybridized carbons (Fsp3) is 0.474. The third kappa shape index (κ3) is 4.15. The zero-order valence-electron chi connectivity index (χ0n) is 16.5. The normalized spacial score (nSPS) is 15.2. The summed E-state index contributed by atoms with van der Waals surface area (Å²) in [5.74, 6) is 1.61. The summed E-state index contributed by atoms with van der Waals surface area (Å²) in [7, 11) is 7.76. The third-order valence-corrected chi connectivity index (χ3v) is 4.87. The van der Waals surface area contributed by atoms with E-state index in [4.69, 9.17) is 0 Å². The molecule has 2 aromatic rings. The molecule has 1 aliphatic rings. The van der Waals surface area contributed by atoms with Crippen LogP contribution in [-0.2, 0) is 13.6 Å². The van der Waals surface area contributed by atoms with Gasteiger partial charge in [0.1, 0.15) is 5.82 Å². The topological polar surface area (TPSA) is 51.9 Å². The van der Waals surface area contributed by atoms with E-state index in [1.54, 1.807) is 13.1 Å². The number of para-hydroxylation sites is 1. The molecule has 1 aromatic carbocycles. The molecule has 1 fully saturated rings. The summed E-state index contributed by atoms with van der Waals surface area (Å²) in [4.78, 5) is 15.1. The van der Waals surface area contributed by atoms with Crippen LogP contribution in [0.25, 0.3) is 0 Å². The maximum atomic E-state index is 14.0. The number of anilines is 2. The number of aliphatic imine (C=N–C) groups is 1. The van der Waals surface area contributed by atoms with Crippen LogP contribution < -0.4 is 15.1 Å². The molecule has 146 valence electrons. The van der Waals surface area contributed by atoms with Crippen LogP contribution in [0.1, 0.15) is 5.69 Å². The van der Waals surface area contributed by atoms with Crippen LogP contribution >= 0.6 is 0 Å². The van der Waals surface area contributed by atoms with Crippen LogP contribution in [-0.4, -0.2) is 67.7 Å². The van der Waals surface area contributed by atoms with Crippen molar-refractivity contribution in [3.8, 4) is 0 Å². The molecule has 3 rings (SSSR count). The Hall–Kier alpha value is -2.77. The number of hydrogen-bond donors (Lipinski definition) is 1. The summed E-state index contributed by atoms with van der Waals surface area (Å²) >= 11 is 0. The van der Waals surface area contributed by atoms with Gasteiger partial charge in [0.05, 0.1) is 24.1 Å². The molecule has 0 amide bonds. The molecule has 2 heterocycles. The zero-order chi connectivity index (χ0) is 19.4. The molecule has 8 heteroatoms. The second-order valence-corrected chi connectivity index (χ2v) is 6.83. The minimum absolute atomic E-state index is 0.165. The van der Waals surface area contributed by atoms with E-state index in [0.29, 0.717) is 12.2 Å². The van der Waals surface area contributed by atoms with E-state index < -0.39 is 0 Å². The van der Waals surface area contributed by atoms with Gasteiger partial charge in [0.25, 0.3) is 0 Å². The molecule has 0 atom stereocenters. The van der Waals surface area contributed by atoms with Crippen molar-refractivity contribution in [2.24, 2.45) is 12.0 Å². The Morgan fingerprint density at radius 3 is 2.52 bits per heavy atom. The first-order chi connectivity index (χ1) is 13.0. The first-order valence-electron chi connectivity index (χ1n) is 9.14. The predicted molar refractivity (Wildman–Crippen MR) is 108 cm³/mol. The Kier molecular flexibility index (Phi) is 5.83. The van der Waals surface area contributed by atoms with Crippen LogP contribution in [0.3, 0.4) is 0 Å². The van der Waals surface area contributed by atoms with E-state index >= 15 is 0 Å². The summed E-state index contributed by atoms with van der Waals surface area (Å²) < 4.78 is 16.1. The second-order valence-electron chi connectivity index (χ2n) is 6.83. The van der Waals surface area contributed by atoms with Crippen LogP contribution in [0.4, 0.5) is 16.0 Å². The van der Waals surface area contributed by atoms with E-state index in [1.807, 2.05) is 44.4 Å². The van der Waals surface area contributed by atoms with E-state index in [1.165, 1.54) is 6.07 Å². The average molecular weight is 373 g/mol. The van der Waals surface area contributed by atoms with Crippen LogP contribution in [0, 0.1) is 5.82 Å². The summed E-state index contributed by atoms with van der Waals surface area (Å²) in [6.45, 7) is 3.76. The van der Waals surface area contributed by atoms with Gasteiger partial charge in [-0.3, -0.25) is 4.99 Å². The summed E-state index contributed by atoms with van der Waals surface area (Å²) in [5, 5.41) is 3.42. The summed E-state index contributed by atoms with van der Waals surface area (Å²) in [6.07, 6.45) is 1.88. The van der Waals surface area contributed by atoms with Crippen molar-refractivity contribution in [3.05, 3.63) is 42.0 Å². The molecule has 7 nitrogen and oxygen atoms in total. The quantitative estimate of drug-likeness (QED) is 0.651. The van der Waals surface area contributed by atoms with Crippen molar-refractivity contribution in [2.75, 3.05) is 57.1 Å². The molecule has 1 aromatic heterocycles. The number of guanidine groups is 1. The lowest BCUT2D eigenvalue weighted by Gasteiger charge is -2.37. The number of imidazole rings is 1. The maximum absolute atomic E-state index is 14.0. The lowest BCUT2D eigenvalue weighted by molar-refractivity contribution is 0.370. The monoisotopic (exact) mass is 373 g/mol. The number of rotatable bonds is 4. The van der Waals surface area contributed by atoms with Gasteiger partial charge >= 0.3 is 0 Å². The molecular formula is C19H28FN7. The third-order valence-electron chi connectivity index (χ3n) is 4.87. The van der Waals surface area contributed by atoms with Gasteiger partial charge in [0.15, 0.2) is 5.96 Å². The van der Waals surface area contributed by atoms with Gasteiger partial charge < -0.3 is 24.6 Å². The molecule has 0 radical (unpaired) electrons. The highest BCUT2D eigenvalue weighted by atomic mass is 19.1. The van der Waals surface area contributed by atoms with E-state index in [-0.39, 0.29) is 5.82 Å². The molecule has 1 aliphatic heterocycles. The number of piperazine rings is 1. The first-order valence-corrected chi connectivity index (χ1v) is 9.14. The first kappa shape index (κ1) is 19.0. The smallest absolute Gasteiger partial charge is 0.204 e. The van der Waals surface area contributed by atoms with Crippen LogP contribution in [0.2, 0.25) is 0 Å². The Labute approximate surface area is 160 Å². The number of benzene rings is 1. The zero-order valence-corrected chi connectivity index (χ0v) is 16.5. The van der Waals surface area contributed by atoms with Gasteiger partial charge in [-0.05, 0) is 12.1 Å². The number of nitrogens with zero attached hydrogens (tertiary/aromatic N) is 6. The van der Waals surface area contributed by atoms with Crippen molar-refractivity contribution in [3.63, 3.8) is 0 Å². The van der Waals surface area contributed by atoms with E-state index in [9.17, 15) is 4.39 Å². The van der Waals surface area contributed by atoms with Gasteiger partial charge in [-0.15, -0.1) is 0 Å². The Morgan fingerprint density at radius 1 is 1.22 bits per heavy atom. The predicted octanol–water partition coefficient (Wildman–Crippen LogP) is 1.52. The fourth-order valence-electron chi connectivity index (χ4n) is 3.38. The highest BCUT2D eigenvalue weighted by molar-refractivity contribution is 5.80. The summed E-state index contributed by atoms with van der Waals surface area (Å²) in [5.41, 5.74) is 1.76. The average Bonchev–Trinajstić information content (AvgIpc) is 3.04. The molecule has 0 bridgehead atoms. The van der Waals surface area contributed by atoms with E-state index in [0.717, 1.165) is 43.8 Å². The maximum Gasteiger partial charge on any atom is 0.204 e. The van der Waals surface area contributed by atoms with Crippen molar-refractivity contribution in [2.45, 2.75) is 6.54 Å². The van der Waals surface area contributed by atoms with Gasteiger partial charge in [0, 0.05) is 54.4 Å². The molecule has 0 aliphatic carbocycles. The minimum atomic E-state index is -0.165.